The van der Waals surface area contributed by atoms with Crippen molar-refractivity contribution < 1.29 is 13.2 Å². The van der Waals surface area contributed by atoms with Gasteiger partial charge in [-0.05, 0) is 31.0 Å². The first kappa shape index (κ1) is 13.4. The van der Waals surface area contributed by atoms with E-state index in [1.807, 2.05) is 6.92 Å². The number of ether oxygens (including phenoxy) is 1. The fraction of sp³-hybridized carbons (Fsp3) is 0.455. The average Bonchev–Trinajstić information content (AvgIpc) is 2.20. The topological polar surface area (TPSA) is 43.4 Å². The van der Waals surface area contributed by atoms with Crippen molar-refractivity contribution in [1.29, 1.82) is 0 Å². The number of rotatable bonds is 4. The maximum atomic E-state index is 11.9. The molecule has 16 heavy (non-hydrogen) atoms. The van der Waals surface area contributed by atoms with Gasteiger partial charge in [0.2, 0.25) is 0 Å². The van der Waals surface area contributed by atoms with Crippen LogP contribution in [0.1, 0.15) is 18.9 Å². The van der Waals surface area contributed by atoms with Crippen molar-refractivity contribution in [3.63, 3.8) is 0 Å². The molecule has 0 unspecified atom stereocenters. The highest BCUT2D eigenvalue weighted by atomic mass is 32.2. The van der Waals surface area contributed by atoms with Crippen LogP contribution in [0.4, 0.5) is 0 Å². The highest BCUT2D eigenvalue weighted by molar-refractivity contribution is 7.91. The Labute approximate surface area is 102 Å². The Morgan fingerprint density at radius 2 is 2.00 bits per heavy atom. The zero-order valence-corrected chi connectivity index (χ0v) is 11.4. The van der Waals surface area contributed by atoms with E-state index in [1.54, 1.807) is 19.1 Å². The van der Waals surface area contributed by atoms with Gasteiger partial charge in [0.25, 0.3) is 0 Å². The average molecular weight is 260 g/mol. The third-order valence-corrected chi connectivity index (χ3v) is 4.69. The number of benzene rings is 1. The van der Waals surface area contributed by atoms with Crippen LogP contribution in [0.2, 0.25) is 0 Å². The Kier molecular flexibility index (Phi) is 4.27. The van der Waals surface area contributed by atoms with Gasteiger partial charge in [-0.3, -0.25) is 0 Å². The summed E-state index contributed by atoms with van der Waals surface area (Å²) in [5.41, 5.74) is 0.697. The number of thiol groups is 1. The van der Waals surface area contributed by atoms with E-state index in [4.69, 9.17) is 4.74 Å². The van der Waals surface area contributed by atoms with Crippen LogP contribution in [0.15, 0.2) is 21.9 Å². The van der Waals surface area contributed by atoms with E-state index in [0.717, 1.165) is 0 Å². The van der Waals surface area contributed by atoms with Crippen LogP contribution in [-0.4, -0.2) is 21.3 Å². The zero-order valence-electron chi connectivity index (χ0n) is 9.65. The molecule has 0 aromatic heterocycles. The molecular formula is C11H16O3S2. The van der Waals surface area contributed by atoms with Gasteiger partial charge in [0, 0.05) is 4.90 Å². The lowest BCUT2D eigenvalue weighted by atomic mass is 10.2. The van der Waals surface area contributed by atoms with Gasteiger partial charge >= 0.3 is 0 Å². The second-order valence-corrected chi connectivity index (χ2v) is 6.17. The van der Waals surface area contributed by atoms with Crippen molar-refractivity contribution in [3.05, 3.63) is 17.7 Å². The molecule has 5 heteroatoms. The largest absolute Gasteiger partial charge is 0.496 e. The molecule has 0 spiro atoms. The van der Waals surface area contributed by atoms with Crippen molar-refractivity contribution in [2.24, 2.45) is 0 Å². The standard InChI is InChI=1S/C11H16O3S2/c1-4-5-16(12,13)11-7-10(15)9(14-3)6-8(11)2/h6-7,15H,4-5H2,1-3H3. The summed E-state index contributed by atoms with van der Waals surface area (Å²) in [7, 11) is -1.66. The van der Waals surface area contributed by atoms with Gasteiger partial charge < -0.3 is 4.74 Å². The Morgan fingerprint density at radius 1 is 1.38 bits per heavy atom. The highest BCUT2D eigenvalue weighted by Gasteiger charge is 2.17. The monoisotopic (exact) mass is 260 g/mol. The van der Waals surface area contributed by atoms with E-state index in [9.17, 15) is 8.42 Å². The van der Waals surface area contributed by atoms with Crippen molar-refractivity contribution in [1.82, 2.24) is 0 Å². The van der Waals surface area contributed by atoms with E-state index in [1.165, 1.54) is 7.11 Å². The molecule has 0 bridgehead atoms. The molecule has 0 heterocycles. The first-order chi connectivity index (χ1) is 7.42. The second-order valence-electron chi connectivity index (χ2n) is 3.61. The van der Waals surface area contributed by atoms with Crippen LogP contribution in [0.5, 0.6) is 5.75 Å². The zero-order chi connectivity index (χ0) is 12.3. The lowest BCUT2D eigenvalue weighted by molar-refractivity contribution is 0.404. The number of aryl methyl sites for hydroxylation is 1. The molecule has 0 saturated carbocycles. The Bertz CT molecular complexity index is 478. The molecule has 0 fully saturated rings. The molecule has 1 aromatic carbocycles. The molecule has 0 aliphatic rings. The highest BCUT2D eigenvalue weighted by Crippen LogP contribution is 2.29. The smallest absolute Gasteiger partial charge is 0.178 e. The molecule has 0 amide bonds. The number of methoxy groups -OCH3 is 1. The van der Waals surface area contributed by atoms with Gasteiger partial charge in [-0.1, -0.05) is 6.92 Å². The summed E-state index contributed by atoms with van der Waals surface area (Å²) in [4.78, 5) is 0.892. The molecule has 0 aliphatic heterocycles. The minimum Gasteiger partial charge on any atom is -0.496 e. The summed E-state index contributed by atoms with van der Waals surface area (Å²) < 4.78 is 28.9. The normalized spacial score (nSPS) is 11.5. The molecular weight excluding hydrogens is 244 g/mol. The Morgan fingerprint density at radius 3 is 2.50 bits per heavy atom. The van der Waals surface area contributed by atoms with Gasteiger partial charge in [0.15, 0.2) is 9.84 Å². The molecule has 0 N–H and O–H groups in total. The summed E-state index contributed by atoms with van der Waals surface area (Å²) in [6, 6.07) is 3.26. The Hall–Kier alpha value is -0.680. The SMILES string of the molecule is CCCS(=O)(=O)c1cc(S)c(OC)cc1C. The summed E-state index contributed by atoms with van der Waals surface area (Å²) in [6.07, 6.45) is 0.607. The Balaban J connectivity index is 3.31. The van der Waals surface area contributed by atoms with Gasteiger partial charge in [0.05, 0.1) is 17.8 Å². The summed E-state index contributed by atoms with van der Waals surface area (Å²) in [6.45, 7) is 3.61. The molecule has 90 valence electrons. The lowest BCUT2D eigenvalue weighted by Crippen LogP contribution is -2.08. The van der Waals surface area contributed by atoms with Crippen LogP contribution >= 0.6 is 12.6 Å². The third kappa shape index (κ3) is 2.71. The van der Waals surface area contributed by atoms with Crippen molar-refractivity contribution in [2.75, 3.05) is 12.9 Å². The van der Waals surface area contributed by atoms with Crippen LogP contribution in [-0.2, 0) is 9.84 Å². The molecule has 0 atom stereocenters. The molecule has 1 rings (SSSR count). The van der Waals surface area contributed by atoms with Crippen LogP contribution in [0, 0.1) is 6.92 Å². The van der Waals surface area contributed by atoms with E-state index in [2.05, 4.69) is 12.6 Å². The van der Waals surface area contributed by atoms with Gasteiger partial charge in [-0.25, -0.2) is 8.42 Å². The van der Waals surface area contributed by atoms with Crippen molar-refractivity contribution >= 4 is 22.5 Å². The van der Waals surface area contributed by atoms with Gasteiger partial charge in [0.1, 0.15) is 5.75 Å². The fourth-order valence-corrected chi connectivity index (χ4v) is 3.50. The van der Waals surface area contributed by atoms with E-state index in [0.29, 0.717) is 27.5 Å². The quantitative estimate of drug-likeness (QED) is 0.846. The first-order valence-corrected chi connectivity index (χ1v) is 7.12. The number of hydrogen-bond donors (Lipinski definition) is 1. The lowest BCUT2D eigenvalue weighted by Gasteiger charge is -2.10. The molecule has 3 nitrogen and oxygen atoms in total. The number of sulfone groups is 1. The van der Waals surface area contributed by atoms with Crippen molar-refractivity contribution in [2.45, 2.75) is 30.1 Å². The summed E-state index contributed by atoms with van der Waals surface area (Å²) >= 11 is 4.21. The summed E-state index contributed by atoms with van der Waals surface area (Å²) in [5.74, 6) is 0.754. The molecule has 0 saturated heterocycles. The predicted molar refractivity (Wildman–Crippen MR) is 67.3 cm³/mol. The minimum atomic E-state index is -3.19. The van der Waals surface area contributed by atoms with Gasteiger partial charge in [-0.2, -0.15) is 0 Å². The van der Waals surface area contributed by atoms with Crippen LogP contribution < -0.4 is 4.74 Å². The predicted octanol–water partition coefficient (Wildman–Crippen LogP) is 2.48. The maximum Gasteiger partial charge on any atom is 0.178 e. The van der Waals surface area contributed by atoms with Crippen LogP contribution in [0.25, 0.3) is 0 Å². The minimum absolute atomic E-state index is 0.160. The first-order valence-electron chi connectivity index (χ1n) is 5.02. The van der Waals surface area contributed by atoms with Crippen LogP contribution in [0.3, 0.4) is 0 Å². The van der Waals surface area contributed by atoms with E-state index < -0.39 is 9.84 Å². The number of hydrogen-bond acceptors (Lipinski definition) is 4. The molecule has 1 aromatic rings. The molecule has 0 aliphatic carbocycles. The summed E-state index contributed by atoms with van der Waals surface area (Å²) in [5, 5.41) is 0. The maximum absolute atomic E-state index is 11.9. The van der Waals surface area contributed by atoms with Gasteiger partial charge in [-0.15, -0.1) is 12.6 Å². The van der Waals surface area contributed by atoms with E-state index >= 15 is 0 Å². The van der Waals surface area contributed by atoms with E-state index in [-0.39, 0.29) is 5.75 Å². The van der Waals surface area contributed by atoms with Crippen molar-refractivity contribution in [3.8, 4) is 5.75 Å². The molecule has 0 radical (unpaired) electrons. The fourth-order valence-electron chi connectivity index (χ4n) is 1.53. The second kappa shape index (κ2) is 5.10. The third-order valence-electron chi connectivity index (χ3n) is 2.28.